The minimum absolute atomic E-state index is 0.0632. The highest BCUT2D eigenvalue weighted by molar-refractivity contribution is 5.95. The van der Waals surface area contributed by atoms with E-state index in [1.807, 2.05) is 11.8 Å². The predicted molar refractivity (Wildman–Crippen MR) is 148 cm³/mol. The smallest absolute Gasteiger partial charge is 0.290 e. The Morgan fingerprint density at radius 1 is 1.07 bits per heavy atom. The first-order chi connectivity index (χ1) is 19.8. The fraction of sp³-hybridized carbons (Fsp3) is 0.346. The molecule has 2 N–H and O–H groups in total. The van der Waals surface area contributed by atoms with Crippen molar-refractivity contribution in [3.63, 3.8) is 0 Å². The van der Waals surface area contributed by atoms with Gasteiger partial charge in [-0.25, -0.2) is 24.6 Å². The van der Waals surface area contributed by atoms with Crippen LogP contribution in [0.3, 0.4) is 0 Å². The van der Waals surface area contributed by atoms with Crippen LogP contribution in [-0.4, -0.2) is 92.9 Å². The monoisotopic (exact) mass is 559 g/mol. The number of aldehydes is 1. The van der Waals surface area contributed by atoms with Crippen LogP contribution >= 0.6 is 0 Å². The molecule has 0 unspecified atom stereocenters. The fourth-order valence-electron chi connectivity index (χ4n) is 4.74. The summed E-state index contributed by atoms with van der Waals surface area (Å²) in [5.74, 6) is -0.390. The summed E-state index contributed by atoms with van der Waals surface area (Å²) in [6.45, 7) is 4.40. The molecule has 0 aromatic carbocycles. The van der Waals surface area contributed by atoms with Crippen LogP contribution in [0.15, 0.2) is 36.0 Å². The lowest BCUT2D eigenvalue weighted by molar-refractivity contribution is -0.108. The van der Waals surface area contributed by atoms with Gasteiger partial charge >= 0.3 is 0 Å². The van der Waals surface area contributed by atoms with Crippen molar-refractivity contribution in [3.05, 3.63) is 58.7 Å². The van der Waals surface area contributed by atoms with Crippen LogP contribution in [0.5, 0.6) is 5.75 Å². The standard InChI is InChI=1S/C26H29N11O4/c1-4-19-22(35-5-7-36(8-6-35)25(40)21-23(39)16(2)28-14-30-21)26(41)37(9-10-38)33-24(31-15-29-19)18-11-27-13-20-17(18)12-32-34(20)3/h10-15,39H,4-9H2,1-3H3,(H,29,31,33). The molecule has 5 heterocycles. The maximum absolute atomic E-state index is 14.0. The van der Waals surface area contributed by atoms with Gasteiger partial charge in [-0.05, 0) is 13.3 Å². The maximum atomic E-state index is 14.0. The average molecular weight is 560 g/mol. The van der Waals surface area contributed by atoms with Crippen LogP contribution in [0, 0.1) is 6.92 Å². The number of pyridine rings is 1. The van der Waals surface area contributed by atoms with Crippen molar-refractivity contribution in [2.45, 2.75) is 26.8 Å². The Hall–Kier alpha value is -5.21. The first-order valence-electron chi connectivity index (χ1n) is 13.0. The Morgan fingerprint density at radius 3 is 2.56 bits per heavy atom. The summed E-state index contributed by atoms with van der Waals surface area (Å²) in [7, 11) is 1.80. The lowest BCUT2D eigenvalue weighted by atomic mass is 10.2. The normalized spacial score (nSPS) is 13.3. The van der Waals surface area contributed by atoms with E-state index in [9.17, 15) is 19.5 Å². The van der Waals surface area contributed by atoms with Crippen molar-refractivity contribution in [2.24, 2.45) is 7.05 Å². The number of anilines is 1. The largest absolute Gasteiger partial charge is 0.504 e. The third-order valence-corrected chi connectivity index (χ3v) is 6.98. The number of carbonyl (C=O) groups excluding carboxylic acids is 2. The second kappa shape index (κ2) is 11.5. The number of nitrogens with zero attached hydrogens (tertiary/aromatic N) is 10. The number of aromatic hydroxyl groups is 1. The van der Waals surface area contributed by atoms with Crippen molar-refractivity contribution in [1.29, 1.82) is 0 Å². The molecule has 15 heteroatoms. The van der Waals surface area contributed by atoms with E-state index >= 15 is 0 Å². The number of amides is 1. The van der Waals surface area contributed by atoms with E-state index in [1.165, 1.54) is 17.3 Å². The second-order valence-corrected chi connectivity index (χ2v) is 9.39. The van der Waals surface area contributed by atoms with Crippen molar-refractivity contribution in [2.75, 3.05) is 31.1 Å². The average Bonchev–Trinajstić information content (AvgIpc) is 3.39. The van der Waals surface area contributed by atoms with Crippen LogP contribution in [-0.2, 0) is 24.8 Å². The van der Waals surface area contributed by atoms with Gasteiger partial charge in [0.05, 0.1) is 35.8 Å². The van der Waals surface area contributed by atoms with Crippen LogP contribution in [0.4, 0.5) is 5.69 Å². The molecule has 1 saturated heterocycles. The highest BCUT2D eigenvalue weighted by atomic mass is 16.3. The molecule has 4 aromatic heterocycles. The van der Waals surface area contributed by atoms with E-state index in [2.05, 4.69) is 35.1 Å². The Balaban J connectivity index is 1.55. The number of H-pyrrole nitrogens is 1. The molecule has 41 heavy (non-hydrogen) atoms. The highest BCUT2D eigenvalue weighted by Crippen LogP contribution is 2.24. The number of hydrogen-bond acceptors (Lipinski definition) is 11. The second-order valence-electron chi connectivity index (χ2n) is 9.39. The number of hydrogen-bond donors (Lipinski definition) is 2. The van der Waals surface area contributed by atoms with Crippen molar-refractivity contribution < 1.29 is 14.7 Å². The summed E-state index contributed by atoms with van der Waals surface area (Å²) in [5, 5.41) is 18.3. The van der Waals surface area contributed by atoms with E-state index in [-0.39, 0.29) is 36.9 Å². The molecule has 1 aliphatic rings. The van der Waals surface area contributed by atoms with Crippen molar-refractivity contribution in [3.8, 4) is 17.1 Å². The summed E-state index contributed by atoms with van der Waals surface area (Å²) in [6, 6.07) is 0. The third kappa shape index (κ3) is 5.20. The van der Waals surface area contributed by atoms with Gasteiger partial charge in [-0.15, -0.1) is 0 Å². The molecule has 1 aliphatic heterocycles. The van der Waals surface area contributed by atoms with Gasteiger partial charge in [0.2, 0.25) is 0 Å². The van der Waals surface area contributed by atoms with Crippen molar-refractivity contribution in [1.82, 2.24) is 49.4 Å². The summed E-state index contributed by atoms with van der Waals surface area (Å²) >= 11 is 0. The molecule has 15 nitrogen and oxygen atoms in total. The number of piperazine rings is 1. The fourth-order valence-corrected chi connectivity index (χ4v) is 4.74. The molecule has 4 aromatic rings. The number of fused-ring (bicyclic) bond motifs is 1. The summed E-state index contributed by atoms with van der Waals surface area (Å²) < 4.78 is 2.87. The van der Waals surface area contributed by atoms with Crippen LogP contribution in [0.1, 0.15) is 28.8 Å². The number of aromatic amines is 1. The van der Waals surface area contributed by atoms with Gasteiger partial charge in [-0.2, -0.15) is 5.10 Å². The number of aromatic nitrogens is 9. The molecule has 1 amide bonds. The van der Waals surface area contributed by atoms with Gasteiger partial charge in [0.1, 0.15) is 24.6 Å². The lowest BCUT2D eigenvalue weighted by Crippen LogP contribution is -2.50. The summed E-state index contributed by atoms with van der Waals surface area (Å²) in [5.41, 5.74) is 1.93. The Morgan fingerprint density at radius 2 is 1.83 bits per heavy atom. The SMILES string of the molecule is CCc1ncnc(-c2cncc3c2cnn3C)[nH]n(CC=O)c(=O)c1N1CCN(C(=O)c2ncnc(C)c2O)CC1. The molecule has 5 rings (SSSR count). The molecule has 0 saturated carbocycles. The van der Waals surface area contributed by atoms with E-state index in [0.717, 1.165) is 10.9 Å². The van der Waals surface area contributed by atoms with Gasteiger partial charge < -0.3 is 19.7 Å². The van der Waals surface area contributed by atoms with E-state index < -0.39 is 11.5 Å². The van der Waals surface area contributed by atoms with E-state index in [0.29, 0.717) is 48.4 Å². The Labute approximate surface area is 233 Å². The number of rotatable bonds is 6. The van der Waals surface area contributed by atoms with E-state index in [1.54, 1.807) is 42.1 Å². The zero-order chi connectivity index (χ0) is 29.1. The minimum atomic E-state index is -0.462. The lowest BCUT2D eigenvalue weighted by Gasteiger charge is -2.35. The topological polar surface area (TPSA) is 181 Å². The van der Waals surface area contributed by atoms with Gasteiger partial charge in [0, 0.05) is 50.4 Å². The molecule has 0 spiro atoms. The number of aryl methyl sites for hydroxylation is 3. The van der Waals surface area contributed by atoms with Crippen LogP contribution in [0.2, 0.25) is 0 Å². The zero-order valence-electron chi connectivity index (χ0n) is 22.9. The molecule has 0 aliphatic carbocycles. The molecular weight excluding hydrogens is 530 g/mol. The van der Waals surface area contributed by atoms with Crippen LogP contribution in [0.25, 0.3) is 22.3 Å². The quantitative estimate of drug-likeness (QED) is 0.315. The van der Waals surface area contributed by atoms with Gasteiger partial charge in [0.25, 0.3) is 11.5 Å². The first-order valence-corrected chi connectivity index (χ1v) is 13.0. The third-order valence-electron chi connectivity index (χ3n) is 6.98. The highest BCUT2D eigenvalue weighted by Gasteiger charge is 2.28. The predicted octanol–water partition coefficient (Wildman–Crippen LogP) is 0.567. The van der Waals surface area contributed by atoms with Gasteiger partial charge in [0.15, 0.2) is 17.3 Å². The zero-order valence-corrected chi connectivity index (χ0v) is 22.9. The number of nitrogens with one attached hydrogen (secondary N) is 1. The van der Waals surface area contributed by atoms with Gasteiger partial charge in [-0.3, -0.25) is 24.4 Å². The number of carbonyl (C=O) groups is 2. The summed E-state index contributed by atoms with van der Waals surface area (Å²) in [6.07, 6.45) is 8.61. The Kier molecular flexibility index (Phi) is 7.67. The first kappa shape index (κ1) is 27.4. The molecule has 212 valence electrons. The van der Waals surface area contributed by atoms with Gasteiger partial charge in [-0.1, -0.05) is 6.92 Å². The molecular formula is C26H29N11O4. The minimum Gasteiger partial charge on any atom is -0.504 e. The van der Waals surface area contributed by atoms with E-state index in [4.69, 9.17) is 0 Å². The molecule has 0 bridgehead atoms. The molecule has 1 fully saturated rings. The Bertz CT molecular complexity index is 1730. The molecule has 0 radical (unpaired) electrons. The summed E-state index contributed by atoms with van der Waals surface area (Å²) in [4.78, 5) is 63.3. The molecule has 0 atom stereocenters. The van der Waals surface area contributed by atoms with Crippen LogP contribution < -0.4 is 10.5 Å². The van der Waals surface area contributed by atoms with Crippen molar-refractivity contribution >= 4 is 28.8 Å². The maximum Gasteiger partial charge on any atom is 0.290 e.